The predicted molar refractivity (Wildman–Crippen MR) is 91.5 cm³/mol. The lowest BCUT2D eigenvalue weighted by atomic mass is 10.1. The highest BCUT2D eigenvalue weighted by molar-refractivity contribution is 5.95. The van der Waals surface area contributed by atoms with E-state index in [4.69, 9.17) is 0 Å². The number of hydrogen-bond acceptors (Lipinski definition) is 2. The third kappa shape index (κ3) is 2.98. The third-order valence-corrected chi connectivity index (χ3v) is 4.36. The first-order valence-electron chi connectivity index (χ1n) is 7.84. The monoisotopic (exact) mass is 294 g/mol. The van der Waals surface area contributed by atoms with E-state index in [0.29, 0.717) is 13.0 Å². The lowest BCUT2D eigenvalue weighted by Crippen LogP contribution is -2.30. The lowest BCUT2D eigenvalue weighted by Gasteiger charge is -2.17. The number of carbonyl (C=O) groups is 1. The van der Waals surface area contributed by atoms with E-state index < -0.39 is 0 Å². The molecule has 2 aromatic rings. The Morgan fingerprint density at radius 1 is 1.14 bits per heavy atom. The highest BCUT2D eigenvalue weighted by Crippen LogP contribution is 2.27. The molecule has 2 aromatic carbocycles. The topological polar surface area (TPSA) is 32.3 Å². The van der Waals surface area contributed by atoms with Crippen LogP contribution < -0.4 is 10.2 Å². The maximum atomic E-state index is 12.4. The van der Waals surface area contributed by atoms with Gasteiger partial charge in [-0.05, 0) is 55.2 Å². The molecular weight excluding hydrogens is 272 g/mol. The number of nitrogens with one attached hydrogen (secondary N) is 1. The van der Waals surface area contributed by atoms with E-state index in [9.17, 15) is 4.79 Å². The Morgan fingerprint density at radius 3 is 2.77 bits per heavy atom. The van der Waals surface area contributed by atoms with Crippen LogP contribution in [0.5, 0.6) is 0 Å². The maximum absolute atomic E-state index is 12.4. The summed E-state index contributed by atoms with van der Waals surface area (Å²) in [6.45, 7) is 5.68. The number of hydrogen-bond donors (Lipinski definition) is 1. The standard InChI is InChI=1S/C19H22N2O/c1-14-7-8-17(13-15(14)2)20-11-9-19(22)21-12-10-16-5-3-4-6-18(16)21/h3-8,13,20H,9-12H2,1-2H3. The fraction of sp³-hybridized carbons (Fsp3) is 0.316. The molecule has 3 heteroatoms. The summed E-state index contributed by atoms with van der Waals surface area (Å²) < 4.78 is 0. The average molecular weight is 294 g/mol. The van der Waals surface area contributed by atoms with Crippen molar-refractivity contribution in [2.45, 2.75) is 26.7 Å². The number of nitrogens with zero attached hydrogens (tertiary/aromatic N) is 1. The number of benzene rings is 2. The summed E-state index contributed by atoms with van der Waals surface area (Å²) >= 11 is 0. The van der Waals surface area contributed by atoms with Crippen LogP contribution in [0.2, 0.25) is 0 Å². The molecule has 0 bridgehead atoms. The Balaban J connectivity index is 1.56. The van der Waals surface area contributed by atoms with E-state index in [0.717, 1.165) is 24.3 Å². The van der Waals surface area contributed by atoms with Crippen molar-refractivity contribution in [2.24, 2.45) is 0 Å². The van der Waals surface area contributed by atoms with Gasteiger partial charge >= 0.3 is 0 Å². The second-order valence-corrected chi connectivity index (χ2v) is 5.90. The molecule has 114 valence electrons. The van der Waals surface area contributed by atoms with Gasteiger partial charge in [-0.1, -0.05) is 24.3 Å². The van der Waals surface area contributed by atoms with Crippen LogP contribution in [0.4, 0.5) is 11.4 Å². The number of aryl methyl sites for hydroxylation is 2. The molecule has 1 heterocycles. The first-order valence-corrected chi connectivity index (χ1v) is 7.84. The molecule has 1 amide bonds. The zero-order valence-electron chi connectivity index (χ0n) is 13.2. The van der Waals surface area contributed by atoms with Gasteiger partial charge in [0.05, 0.1) is 0 Å². The van der Waals surface area contributed by atoms with Crippen molar-refractivity contribution in [3.05, 3.63) is 59.2 Å². The van der Waals surface area contributed by atoms with Crippen LogP contribution in [0.1, 0.15) is 23.1 Å². The Morgan fingerprint density at radius 2 is 1.95 bits per heavy atom. The number of carbonyl (C=O) groups excluding carboxylic acids is 1. The van der Waals surface area contributed by atoms with Gasteiger partial charge in [-0.3, -0.25) is 4.79 Å². The van der Waals surface area contributed by atoms with Gasteiger partial charge in [0.25, 0.3) is 0 Å². The molecule has 0 aromatic heterocycles. The van der Waals surface area contributed by atoms with E-state index >= 15 is 0 Å². The lowest BCUT2D eigenvalue weighted by molar-refractivity contribution is -0.118. The zero-order valence-corrected chi connectivity index (χ0v) is 13.2. The highest BCUT2D eigenvalue weighted by Gasteiger charge is 2.23. The van der Waals surface area contributed by atoms with Crippen LogP contribution in [0.3, 0.4) is 0 Å². The van der Waals surface area contributed by atoms with Gasteiger partial charge in [0.15, 0.2) is 0 Å². The molecule has 0 fully saturated rings. The third-order valence-electron chi connectivity index (χ3n) is 4.36. The second-order valence-electron chi connectivity index (χ2n) is 5.90. The predicted octanol–water partition coefficient (Wildman–Crippen LogP) is 3.69. The summed E-state index contributed by atoms with van der Waals surface area (Å²) in [6, 6.07) is 14.5. The fourth-order valence-electron chi connectivity index (χ4n) is 2.90. The quantitative estimate of drug-likeness (QED) is 0.932. The Bertz CT molecular complexity index is 694. The normalized spacial score (nSPS) is 13.1. The summed E-state index contributed by atoms with van der Waals surface area (Å²) in [7, 11) is 0. The van der Waals surface area contributed by atoms with Gasteiger partial charge in [-0.15, -0.1) is 0 Å². The molecule has 22 heavy (non-hydrogen) atoms. The minimum atomic E-state index is 0.196. The molecule has 0 aliphatic carbocycles. The highest BCUT2D eigenvalue weighted by atomic mass is 16.2. The second kappa shape index (κ2) is 6.22. The van der Waals surface area contributed by atoms with Gasteiger partial charge in [0.2, 0.25) is 5.91 Å². The van der Waals surface area contributed by atoms with Gasteiger partial charge in [-0.2, -0.15) is 0 Å². The van der Waals surface area contributed by atoms with Gasteiger partial charge in [-0.25, -0.2) is 0 Å². The Kier molecular flexibility index (Phi) is 4.14. The minimum absolute atomic E-state index is 0.196. The van der Waals surface area contributed by atoms with Crippen LogP contribution in [-0.2, 0) is 11.2 Å². The summed E-state index contributed by atoms with van der Waals surface area (Å²) in [6.07, 6.45) is 1.48. The van der Waals surface area contributed by atoms with E-state index in [1.165, 1.54) is 16.7 Å². The van der Waals surface area contributed by atoms with E-state index in [2.05, 4.69) is 43.4 Å². The van der Waals surface area contributed by atoms with Crippen molar-refractivity contribution in [3.8, 4) is 0 Å². The molecule has 0 unspecified atom stereocenters. The molecule has 1 aliphatic rings. The van der Waals surface area contributed by atoms with Crippen LogP contribution in [-0.4, -0.2) is 19.0 Å². The summed E-state index contributed by atoms with van der Waals surface area (Å²) in [5, 5.41) is 3.34. The van der Waals surface area contributed by atoms with E-state index in [-0.39, 0.29) is 5.91 Å². The zero-order chi connectivity index (χ0) is 15.5. The van der Waals surface area contributed by atoms with Crippen molar-refractivity contribution in [1.82, 2.24) is 0 Å². The number of para-hydroxylation sites is 1. The molecule has 0 saturated carbocycles. The maximum Gasteiger partial charge on any atom is 0.228 e. The van der Waals surface area contributed by atoms with Crippen LogP contribution in [0, 0.1) is 13.8 Å². The van der Waals surface area contributed by atoms with E-state index in [1.807, 2.05) is 23.1 Å². The minimum Gasteiger partial charge on any atom is -0.385 e. The molecule has 1 aliphatic heterocycles. The smallest absolute Gasteiger partial charge is 0.228 e. The first-order chi connectivity index (χ1) is 10.6. The van der Waals surface area contributed by atoms with Crippen molar-refractivity contribution < 1.29 is 4.79 Å². The molecule has 1 N–H and O–H groups in total. The van der Waals surface area contributed by atoms with Crippen molar-refractivity contribution in [2.75, 3.05) is 23.3 Å². The van der Waals surface area contributed by atoms with Crippen molar-refractivity contribution in [1.29, 1.82) is 0 Å². The molecular formula is C19H22N2O. The van der Waals surface area contributed by atoms with Crippen LogP contribution >= 0.6 is 0 Å². The van der Waals surface area contributed by atoms with Crippen LogP contribution in [0.15, 0.2) is 42.5 Å². The van der Waals surface area contributed by atoms with Crippen LogP contribution in [0.25, 0.3) is 0 Å². The first kappa shape index (κ1) is 14.6. The number of anilines is 2. The van der Waals surface area contributed by atoms with E-state index in [1.54, 1.807) is 0 Å². The fourth-order valence-corrected chi connectivity index (χ4v) is 2.90. The average Bonchev–Trinajstić information content (AvgIpc) is 2.95. The Hall–Kier alpha value is -2.29. The SMILES string of the molecule is Cc1ccc(NCCC(=O)N2CCc3ccccc32)cc1C. The number of rotatable bonds is 4. The molecule has 0 spiro atoms. The Labute approximate surface area is 132 Å². The number of amides is 1. The van der Waals surface area contributed by atoms with Crippen molar-refractivity contribution in [3.63, 3.8) is 0 Å². The molecule has 0 atom stereocenters. The summed E-state index contributed by atoms with van der Waals surface area (Å²) in [5.74, 6) is 0.196. The molecule has 0 saturated heterocycles. The largest absolute Gasteiger partial charge is 0.385 e. The molecule has 3 rings (SSSR count). The number of fused-ring (bicyclic) bond motifs is 1. The molecule has 0 radical (unpaired) electrons. The van der Waals surface area contributed by atoms with Gasteiger partial charge in [0.1, 0.15) is 0 Å². The summed E-state index contributed by atoms with van der Waals surface area (Å²) in [5.41, 5.74) is 5.99. The molecule has 3 nitrogen and oxygen atoms in total. The van der Waals surface area contributed by atoms with Gasteiger partial charge < -0.3 is 10.2 Å². The van der Waals surface area contributed by atoms with Crippen molar-refractivity contribution >= 4 is 17.3 Å². The summed E-state index contributed by atoms with van der Waals surface area (Å²) in [4.78, 5) is 14.3. The van der Waals surface area contributed by atoms with Gasteiger partial charge in [0, 0.05) is 30.9 Å².